The van der Waals surface area contributed by atoms with Crippen LogP contribution in [0.5, 0.6) is 0 Å². The molecule has 2 N–H and O–H groups in total. The molecular formula is C23H23F2N3O3Y-2. The third kappa shape index (κ3) is 6.06. The topological polar surface area (TPSA) is 86.3 Å². The third-order valence-electron chi connectivity index (χ3n) is 4.83. The summed E-state index contributed by atoms with van der Waals surface area (Å²) in [7, 11) is 0. The van der Waals surface area contributed by atoms with Gasteiger partial charge in [-0.1, -0.05) is 24.3 Å². The van der Waals surface area contributed by atoms with Crippen LogP contribution < -0.4 is 5.56 Å². The first-order chi connectivity index (χ1) is 14.8. The number of hydrogen-bond donors (Lipinski definition) is 2. The Bertz CT molecular complexity index is 1140. The van der Waals surface area contributed by atoms with Crippen molar-refractivity contribution in [1.29, 1.82) is 0 Å². The SMILES string of the molecule is OCCF.[CH2-]C1([CH2-])CN(C(=O)c2cc(Cc3n[nH]c(=O)c4ccccc34)ccc2F)C1.[Y]. The van der Waals surface area contributed by atoms with Gasteiger partial charge < -0.3 is 23.9 Å². The first-order valence-corrected chi connectivity index (χ1v) is 9.67. The first-order valence-electron chi connectivity index (χ1n) is 9.67. The Labute approximate surface area is 209 Å². The van der Waals surface area contributed by atoms with Gasteiger partial charge in [0.05, 0.1) is 23.3 Å². The van der Waals surface area contributed by atoms with Crippen LogP contribution in [0, 0.1) is 25.1 Å². The van der Waals surface area contributed by atoms with Crippen LogP contribution in [0.3, 0.4) is 0 Å². The van der Waals surface area contributed by atoms with E-state index >= 15 is 0 Å². The second-order valence-corrected chi connectivity index (χ2v) is 7.61. The molecule has 1 aliphatic rings. The second kappa shape index (κ2) is 11.2. The van der Waals surface area contributed by atoms with Gasteiger partial charge in [-0.25, -0.2) is 13.9 Å². The fourth-order valence-electron chi connectivity index (χ4n) is 3.42. The molecule has 0 bridgehead atoms. The maximum absolute atomic E-state index is 14.2. The minimum absolute atomic E-state index is 0. The molecule has 6 nitrogen and oxygen atoms in total. The van der Waals surface area contributed by atoms with E-state index in [1.807, 2.05) is 12.1 Å². The molecule has 2 heterocycles. The smallest absolute Gasteiger partial charge is 0.272 e. The summed E-state index contributed by atoms with van der Waals surface area (Å²) >= 11 is 0. The number of benzene rings is 2. The average molecular weight is 516 g/mol. The monoisotopic (exact) mass is 516 g/mol. The summed E-state index contributed by atoms with van der Waals surface area (Å²) in [5.74, 6) is -0.926. The molecule has 4 rings (SSSR count). The number of aromatic nitrogens is 2. The molecule has 9 heteroatoms. The Morgan fingerprint density at radius 3 is 2.41 bits per heavy atom. The number of carbonyl (C=O) groups is 1. The molecule has 0 spiro atoms. The van der Waals surface area contributed by atoms with Crippen molar-refractivity contribution in [2.24, 2.45) is 5.41 Å². The van der Waals surface area contributed by atoms with Crippen LogP contribution >= 0.6 is 0 Å². The number of alkyl halides is 1. The van der Waals surface area contributed by atoms with Gasteiger partial charge in [0.25, 0.3) is 11.5 Å². The number of hydrogen-bond acceptors (Lipinski definition) is 4. The van der Waals surface area contributed by atoms with Crippen molar-refractivity contribution >= 4 is 16.7 Å². The maximum Gasteiger partial charge on any atom is 0.272 e. The van der Waals surface area contributed by atoms with Crippen LogP contribution in [0.1, 0.15) is 21.6 Å². The van der Waals surface area contributed by atoms with Crippen molar-refractivity contribution in [1.82, 2.24) is 15.1 Å². The molecule has 1 amide bonds. The first kappa shape index (κ1) is 26.2. The van der Waals surface area contributed by atoms with E-state index in [4.69, 9.17) is 5.11 Å². The van der Waals surface area contributed by atoms with Crippen LogP contribution in [0.4, 0.5) is 8.78 Å². The van der Waals surface area contributed by atoms with Gasteiger partial charge in [0.15, 0.2) is 0 Å². The molecule has 1 aromatic heterocycles. The number of H-pyrrole nitrogens is 1. The molecule has 1 fully saturated rings. The fourth-order valence-corrected chi connectivity index (χ4v) is 3.42. The number of aromatic amines is 1. The van der Waals surface area contributed by atoms with Gasteiger partial charge in [0.2, 0.25) is 0 Å². The molecule has 32 heavy (non-hydrogen) atoms. The second-order valence-electron chi connectivity index (χ2n) is 7.61. The maximum atomic E-state index is 14.2. The largest absolute Gasteiger partial charge is 0.394 e. The zero-order valence-corrected chi connectivity index (χ0v) is 20.3. The van der Waals surface area contributed by atoms with Gasteiger partial charge in [-0.3, -0.25) is 15.0 Å². The Hall–Kier alpha value is -2.03. The van der Waals surface area contributed by atoms with Gasteiger partial charge >= 0.3 is 0 Å². The number of nitrogens with one attached hydrogen (secondary N) is 1. The molecule has 1 saturated heterocycles. The summed E-state index contributed by atoms with van der Waals surface area (Å²) < 4.78 is 24.7. The fraction of sp³-hybridized carbons (Fsp3) is 0.261. The quantitative estimate of drug-likeness (QED) is 0.523. The van der Waals surface area contributed by atoms with Crippen LogP contribution in [0.2, 0.25) is 0 Å². The van der Waals surface area contributed by atoms with E-state index in [2.05, 4.69) is 24.0 Å². The van der Waals surface area contributed by atoms with Gasteiger partial charge in [-0.15, -0.1) is 0 Å². The van der Waals surface area contributed by atoms with Crippen molar-refractivity contribution in [3.05, 3.63) is 89.3 Å². The zero-order chi connectivity index (χ0) is 22.6. The molecule has 2 aromatic carbocycles. The van der Waals surface area contributed by atoms with Crippen LogP contribution in [-0.2, 0) is 39.1 Å². The molecular weight excluding hydrogens is 493 g/mol. The van der Waals surface area contributed by atoms with Gasteiger partial charge in [0.1, 0.15) is 12.5 Å². The number of likely N-dealkylation sites (tertiary alicyclic amines) is 1. The van der Waals surface area contributed by atoms with Crippen LogP contribution in [0.15, 0.2) is 47.3 Å². The molecule has 1 radical (unpaired) electrons. The number of nitrogens with zero attached hydrogens (tertiary/aromatic N) is 2. The summed E-state index contributed by atoms with van der Waals surface area (Å²) in [4.78, 5) is 26.0. The summed E-state index contributed by atoms with van der Waals surface area (Å²) in [6, 6.07) is 11.6. The number of halogens is 2. The van der Waals surface area contributed by atoms with E-state index in [0.717, 1.165) is 10.9 Å². The van der Waals surface area contributed by atoms with E-state index in [-0.39, 0.29) is 56.3 Å². The molecule has 0 atom stereocenters. The van der Waals surface area contributed by atoms with E-state index in [0.29, 0.717) is 30.6 Å². The van der Waals surface area contributed by atoms with Crippen molar-refractivity contribution in [3.63, 3.8) is 0 Å². The summed E-state index contributed by atoms with van der Waals surface area (Å²) in [6.07, 6.45) is 0.368. The van der Waals surface area contributed by atoms with E-state index < -0.39 is 17.9 Å². The minimum Gasteiger partial charge on any atom is -0.394 e. The van der Waals surface area contributed by atoms with Gasteiger partial charge in [0, 0.05) is 44.5 Å². The number of aliphatic hydroxyl groups excluding tert-OH is 1. The van der Waals surface area contributed by atoms with Crippen molar-refractivity contribution in [2.45, 2.75) is 6.42 Å². The third-order valence-corrected chi connectivity index (χ3v) is 4.83. The number of amides is 1. The van der Waals surface area contributed by atoms with Crippen molar-refractivity contribution in [3.8, 4) is 0 Å². The molecule has 3 aromatic rings. The number of fused-ring (bicyclic) bond motifs is 1. The Morgan fingerprint density at radius 2 is 1.81 bits per heavy atom. The summed E-state index contributed by atoms with van der Waals surface area (Å²) in [5, 5.41) is 15.4. The molecule has 167 valence electrons. The Balaban J connectivity index is 0.000000672. The summed E-state index contributed by atoms with van der Waals surface area (Å²) in [6.45, 7) is 7.63. The van der Waals surface area contributed by atoms with E-state index in [1.165, 1.54) is 11.0 Å². The predicted octanol–water partition coefficient (Wildman–Crippen LogP) is 2.71. The Morgan fingerprint density at radius 1 is 1.19 bits per heavy atom. The van der Waals surface area contributed by atoms with Crippen molar-refractivity contribution < 1.29 is 51.4 Å². The minimum atomic E-state index is -0.625. The average Bonchev–Trinajstić information content (AvgIpc) is 2.75. The van der Waals surface area contributed by atoms with Gasteiger partial charge in [-0.05, 0) is 36.9 Å². The number of carbonyl (C=O) groups excluding carboxylic acids is 1. The van der Waals surface area contributed by atoms with Crippen LogP contribution in [-0.4, -0.2) is 52.5 Å². The van der Waals surface area contributed by atoms with Crippen LogP contribution in [0.25, 0.3) is 10.8 Å². The summed E-state index contributed by atoms with van der Waals surface area (Å²) in [5.41, 5.74) is 0.750. The molecule has 1 aliphatic heterocycles. The number of rotatable bonds is 4. The zero-order valence-electron chi connectivity index (χ0n) is 17.5. The molecule has 0 saturated carbocycles. The molecule has 0 aliphatic carbocycles. The molecule has 0 unspecified atom stereocenters. The van der Waals surface area contributed by atoms with Gasteiger partial charge in [-0.2, -0.15) is 5.10 Å². The standard InChI is InChI=1S/C21H18FN3O2.C2H5FO.Y/c1-21(2)11-25(12-21)20(27)16-9-13(7-8-17(16)22)10-18-14-5-3-4-6-15(14)19(26)24-23-18;3-1-2-4;/h3-9H,1-2,10-12H2,(H,24,26);4H,1-2H2;/q-2;;. The van der Waals surface area contributed by atoms with E-state index in [1.54, 1.807) is 24.3 Å². The normalized spacial score (nSPS) is 14.1. The van der Waals surface area contributed by atoms with E-state index in [9.17, 15) is 18.4 Å². The van der Waals surface area contributed by atoms with Crippen molar-refractivity contribution in [2.75, 3.05) is 26.4 Å². The number of aliphatic hydroxyl groups is 1. The predicted molar refractivity (Wildman–Crippen MR) is 114 cm³/mol. The Kier molecular flexibility index (Phi) is 9.19.